The van der Waals surface area contributed by atoms with Crippen LogP contribution in [0.4, 0.5) is 0 Å². The fraction of sp³-hybridized carbons (Fsp3) is 0.500. The number of aromatic nitrogens is 3. The Bertz CT molecular complexity index is 717. The van der Waals surface area contributed by atoms with Gasteiger partial charge in [0.15, 0.2) is 0 Å². The highest BCUT2D eigenvalue weighted by molar-refractivity contribution is 5.56. The number of hydrogen-bond donors (Lipinski definition) is 0. The highest BCUT2D eigenvalue weighted by Crippen LogP contribution is 2.29. The van der Waals surface area contributed by atoms with Crippen molar-refractivity contribution in [2.45, 2.75) is 25.8 Å². The van der Waals surface area contributed by atoms with Gasteiger partial charge in [-0.1, -0.05) is 6.42 Å². The molecule has 0 atom stereocenters. The van der Waals surface area contributed by atoms with Gasteiger partial charge in [-0.25, -0.2) is 4.68 Å². The fourth-order valence-electron chi connectivity index (χ4n) is 3.47. The average molecular weight is 310 g/mol. The van der Waals surface area contributed by atoms with E-state index in [9.17, 15) is 4.79 Å². The second-order valence-corrected chi connectivity index (χ2v) is 6.86. The lowest BCUT2D eigenvalue weighted by Crippen LogP contribution is -2.51. The molecule has 1 aliphatic heterocycles. The van der Waals surface area contributed by atoms with Gasteiger partial charge in [-0.2, -0.15) is 5.10 Å². The van der Waals surface area contributed by atoms with E-state index in [1.165, 1.54) is 25.8 Å². The maximum Gasteiger partial charge on any atom is 0.266 e. The summed E-state index contributed by atoms with van der Waals surface area (Å²) in [7, 11) is 0. The minimum absolute atomic E-state index is 0.0184. The number of nitrogens with zero attached hydrogens (tertiary/aromatic N) is 4. The first-order valence-corrected chi connectivity index (χ1v) is 8.49. The Labute approximate surface area is 136 Å². The first-order chi connectivity index (χ1) is 11.3. The van der Waals surface area contributed by atoms with Crippen molar-refractivity contribution in [1.82, 2.24) is 19.7 Å². The first kappa shape index (κ1) is 14.6. The summed E-state index contributed by atoms with van der Waals surface area (Å²) < 4.78 is 1.62. The molecule has 0 unspecified atom stereocenters. The molecule has 0 bridgehead atoms. The third kappa shape index (κ3) is 3.20. The van der Waals surface area contributed by atoms with Gasteiger partial charge in [0.2, 0.25) is 0 Å². The van der Waals surface area contributed by atoms with Crippen molar-refractivity contribution in [2.24, 2.45) is 11.8 Å². The average Bonchev–Trinajstić information content (AvgIpc) is 2.50. The predicted octanol–water partition coefficient (Wildman–Crippen LogP) is 2.04. The molecule has 0 amide bonds. The van der Waals surface area contributed by atoms with Crippen LogP contribution in [0.15, 0.2) is 41.5 Å². The number of rotatable bonds is 5. The number of hydrogen-bond acceptors (Lipinski definition) is 4. The molecule has 120 valence electrons. The van der Waals surface area contributed by atoms with Crippen LogP contribution in [0, 0.1) is 11.8 Å². The Balaban J connectivity index is 1.40. The zero-order chi connectivity index (χ0) is 15.6. The second-order valence-electron chi connectivity index (χ2n) is 6.86. The molecule has 5 nitrogen and oxygen atoms in total. The van der Waals surface area contributed by atoms with Crippen molar-refractivity contribution < 1.29 is 0 Å². The molecule has 2 aromatic heterocycles. The summed E-state index contributed by atoms with van der Waals surface area (Å²) in [6, 6.07) is 7.24. The molecule has 5 heteroatoms. The lowest BCUT2D eigenvalue weighted by molar-refractivity contribution is 0.0521. The van der Waals surface area contributed by atoms with Gasteiger partial charge in [-0.3, -0.25) is 9.78 Å². The summed E-state index contributed by atoms with van der Waals surface area (Å²) in [6.07, 6.45) is 7.72. The Hall–Kier alpha value is -2.01. The predicted molar refractivity (Wildman–Crippen MR) is 89.0 cm³/mol. The van der Waals surface area contributed by atoms with E-state index in [-0.39, 0.29) is 5.56 Å². The van der Waals surface area contributed by atoms with Gasteiger partial charge >= 0.3 is 0 Å². The molecule has 23 heavy (non-hydrogen) atoms. The molecule has 1 aliphatic carbocycles. The van der Waals surface area contributed by atoms with Crippen LogP contribution >= 0.6 is 0 Å². The van der Waals surface area contributed by atoms with Crippen LogP contribution in [0.1, 0.15) is 19.3 Å². The molecule has 0 aromatic carbocycles. The molecular weight excluding hydrogens is 288 g/mol. The van der Waals surface area contributed by atoms with Gasteiger partial charge in [-0.15, -0.1) is 0 Å². The lowest BCUT2D eigenvalue weighted by Gasteiger charge is -2.43. The highest BCUT2D eigenvalue weighted by Gasteiger charge is 2.30. The molecule has 1 saturated carbocycles. The van der Waals surface area contributed by atoms with Crippen LogP contribution in [0.2, 0.25) is 0 Å². The summed E-state index contributed by atoms with van der Waals surface area (Å²) in [5, 5.41) is 4.52. The van der Waals surface area contributed by atoms with Crippen molar-refractivity contribution in [1.29, 1.82) is 0 Å². The second kappa shape index (κ2) is 6.24. The van der Waals surface area contributed by atoms with E-state index in [1.807, 2.05) is 12.1 Å². The maximum atomic E-state index is 12.1. The van der Waals surface area contributed by atoms with Crippen LogP contribution in [-0.4, -0.2) is 39.3 Å². The molecule has 2 fully saturated rings. The molecule has 0 radical (unpaired) electrons. The Morgan fingerprint density at radius 2 is 1.96 bits per heavy atom. The SMILES string of the molecule is O=c1ccc(-c2cccnc2)nn1CC1CN(CC2CCC2)C1. The van der Waals surface area contributed by atoms with Gasteiger partial charge in [-0.05, 0) is 37.0 Å². The van der Waals surface area contributed by atoms with Crippen molar-refractivity contribution in [3.63, 3.8) is 0 Å². The summed E-state index contributed by atoms with van der Waals surface area (Å²) in [5.74, 6) is 1.47. The van der Waals surface area contributed by atoms with Crippen LogP contribution in [0.5, 0.6) is 0 Å². The normalized spacial score (nSPS) is 19.3. The zero-order valence-corrected chi connectivity index (χ0v) is 13.3. The number of likely N-dealkylation sites (tertiary alicyclic amines) is 1. The number of pyridine rings is 1. The Morgan fingerprint density at radius 3 is 2.65 bits per heavy atom. The summed E-state index contributed by atoms with van der Waals surface area (Å²) in [4.78, 5) is 18.7. The summed E-state index contributed by atoms with van der Waals surface area (Å²) >= 11 is 0. The first-order valence-electron chi connectivity index (χ1n) is 8.49. The molecule has 4 rings (SSSR count). The largest absolute Gasteiger partial charge is 0.302 e. The standard InChI is InChI=1S/C18H22N4O/c23-18-7-6-17(16-5-2-8-19-9-16)20-22(18)13-15-11-21(12-15)10-14-3-1-4-14/h2,5-9,14-15H,1,3-4,10-13H2. The van der Waals surface area contributed by atoms with Gasteiger partial charge in [0.1, 0.15) is 0 Å². The lowest BCUT2D eigenvalue weighted by atomic mass is 9.84. The van der Waals surface area contributed by atoms with Crippen molar-refractivity contribution in [3.8, 4) is 11.3 Å². The van der Waals surface area contributed by atoms with Crippen LogP contribution in [-0.2, 0) is 6.54 Å². The zero-order valence-electron chi connectivity index (χ0n) is 13.3. The van der Waals surface area contributed by atoms with E-state index in [1.54, 1.807) is 29.2 Å². The molecule has 0 spiro atoms. The van der Waals surface area contributed by atoms with Crippen molar-refractivity contribution in [3.05, 3.63) is 47.0 Å². The molecule has 0 N–H and O–H groups in total. The topological polar surface area (TPSA) is 51.0 Å². The quantitative estimate of drug-likeness (QED) is 0.848. The van der Waals surface area contributed by atoms with Crippen molar-refractivity contribution >= 4 is 0 Å². The molecule has 1 saturated heterocycles. The van der Waals surface area contributed by atoms with E-state index in [0.29, 0.717) is 12.5 Å². The molecule has 2 aliphatic rings. The fourth-order valence-corrected chi connectivity index (χ4v) is 3.47. The molecule has 2 aromatic rings. The Kier molecular flexibility index (Phi) is 3.95. The highest BCUT2D eigenvalue weighted by atomic mass is 16.1. The van der Waals surface area contributed by atoms with Gasteiger partial charge < -0.3 is 4.90 Å². The van der Waals surface area contributed by atoms with E-state index < -0.39 is 0 Å². The van der Waals surface area contributed by atoms with E-state index >= 15 is 0 Å². The maximum absolute atomic E-state index is 12.1. The van der Waals surface area contributed by atoms with Crippen molar-refractivity contribution in [2.75, 3.05) is 19.6 Å². The van der Waals surface area contributed by atoms with Crippen LogP contribution < -0.4 is 5.56 Å². The minimum atomic E-state index is -0.0184. The van der Waals surface area contributed by atoms with Crippen LogP contribution in [0.3, 0.4) is 0 Å². The van der Waals surface area contributed by atoms with E-state index in [0.717, 1.165) is 30.3 Å². The molecule has 3 heterocycles. The third-order valence-corrected chi connectivity index (χ3v) is 5.03. The van der Waals surface area contributed by atoms with Gasteiger partial charge in [0.25, 0.3) is 5.56 Å². The summed E-state index contributed by atoms with van der Waals surface area (Å²) in [5.41, 5.74) is 1.74. The smallest absolute Gasteiger partial charge is 0.266 e. The monoisotopic (exact) mass is 310 g/mol. The van der Waals surface area contributed by atoms with Gasteiger partial charge in [0.05, 0.1) is 12.2 Å². The van der Waals surface area contributed by atoms with E-state index in [2.05, 4.69) is 15.0 Å². The Morgan fingerprint density at radius 1 is 1.09 bits per heavy atom. The van der Waals surface area contributed by atoms with Gasteiger partial charge in [0, 0.05) is 49.6 Å². The van der Waals surface area contributed by atoms with E-state index in [4.69, 9.17) is 0 Å². The minimum Gasteiger partial charge on any atom is -0.302 e. The van der Waals surface area contributed by atoms with Crippen LogP contribution in [0.25, 0.3) is 11.3 Å². The molecular formula is C18H22N4O. The third-order valence-electron chi connectivity index (χ3n) is 5.03. The summed E-state index contributed by atoms with van der Waals surface area (Å²) in [6.45, 7) is 4.16.